The standard InChI is InChI=1S/C21H24N6O4/c1-24-9-2-3-19(24)18-15-20(21(28)22-8-10-25-11-13-31-14-12-25)26(23-18)16-4-6-17(7-5-16)27(29)30/h2-7,9,15H,8,10-14H2,1H3,(H,22,28). The molecule has 1 amide bonds. The summed E-state index contributed by atoms with van der Waals surface area (Å²) >= 11 is 0. The number of nitrogens with one attached hydrogen (secondary N) is 1. The number of carbonyl (C=O) groups excluding carboxylic acids is 1. The Hall–Kier alpha value is -3.50. The molecule has 0 aliphatic carbocycles. The summed E-state index contributed by atoms with van der Waals surface area (Å²) in [6, 6.07) is 11.5. The molecule has 1 aliphatic heterocycles. The van der Waals surface area contributed by atoms with Crippen molar-refractivity contribution in [2.75, 3.05) is 39.4 Å². The maximum Gasteiger partial charge on any atom is 0.270 e. The van der Waals surface area contributed by atoms with Gasteiger partial charge in [0.25, 0.3) is 11.6 Å². The third kappa shape index (κ3) is 4.65. The van der Waals surface area contributed by atoms with E-state index < -0.39 is 4.92 Å². The van der Waals surface area contributed by atoms with E-state index in [-0.39, 0.29) is 11.6 Å². The highest BCUT2D eigenvalue weighted by Crippen LogP contribution is 2.23. The summed E-state index contributed by atoms with van der Waals surface area (Å²) in [5, 5.41) is 18.6. The maximum absolute atomic E-state index is 13.0. The van der Waals surface area contributed by atoms with Gasteiger partial charge >= 0.3 is 0 Å². The molecular weight excluding hydrogens is 400 g/mol. The van der Waals surface area contributed by atoms with Crippen molar-refractivity contribution in [2.24, 2.45) is 7.05 Å². The van der Waals surface area contributed by atoms with Crippen molar-refractivity contribution in [2.45, 2.75) is 0 Å². The van der Waals surface area contributed by atoms with Crippen LogP contribution in [0.2, 0.25) is 0 Å². The van der Waals surface area contributed by atoms with E-state index in [4.69, 9.17) is 4.74 Å². The van der Waals surface area contributed by atoms with Gasteiger partial charge in [0, 0.05) is 51.6 Å². The van der Waals surface area contributed by atoms with Crippen LogP contribution in [-0.2, 0) is 11.8 Å². The maximum atomic E-state index is 13.0. The Morgan fingerprint density at radius 3 is 2.61 bits per heavy atom. The first-order valence-corrected chi connectivity index (χ1v) is 10.1. The molecule has 0 spiro atoms. The van der Waals surface area contributed by atoms with Crippen molar-refractivity contribution in [3.63, 3.8) is 0 Å². The molecule has 3 aromatic rings. The number of benzene rings is 1. The monoisotopic (exact) mass is 424 g/mol. The fourth-order valence-electron chi connectivity index (χ4n) is 3.55. The van der Waals surface area contributed by atoms with Crippen LogP contribution in [-0.4, -0.2) is 69.5 Å². The molecule has 1 aromatic carbocycles. The molecule has 3 heterocycles. The number of ether oxygens (including phenoxy) is 1. The summed E-state index contributed by atoms with van der Waals surface area (Å²) in [5.41, 5.74) is 2.43. The van der Waals surface area contributed by atoms with E-state index in [9.17, 15) is 14.9 Å². The SMILES string of the molecule is Cn1cccc1-c1cc(C(=O)NCCN2CCOCC2)n(-c2ccc([N+](=O)[O-])cc2)n1. The Bertz CT molecular complexity index is 1070. The number of carbonyl (C=O) groups is 1. The summed E-state index contributed by atoms with van der Waals surface area (Å²) < 4.78 is 8.79. The van der Waals surface area contributed by atoms with Crippen LogP contribution in [0.4, 0.5) is 5.69 Å². The van der Waals surface area contributed by atoms with E-state index in [2.05, 4.69) is 15.3 Å². The van der Waals surface area contributed by atoms with Crippen molar-refractivity contribution in [1.82, 2.24) is 24.6 Å². The van der Waals surface area contributed by atoms with Crippen LogP contribution in [0.3, 0.4) is 0 Å². The van der Waals surface area contributed by atoms with Gasteiger partial charge in [-0.15, -0.1) is 0 Å². The lowest BCUT2D eigenvalue weighted by atomic mass is 10.2. The van der Waals surface area contributed by atoms with Gasteiger partial charge in [0.1, 0.15) is 11.4 Å². The molecule has 0 atom stereocenters. The van der Waals surface area contributed by atoms with Crippen molar-refractivity contribution < 1.29 is 14.5 Å². The Morgan fingerprint density at radius 2 is 1.97 bits per heavy atom. The van der Waals surface area contributed by atoms with E-state index >= 15 is 0 Å². The molecule has 1 N–H and O–H groups in total. The van der Waals surface area contributed by atoms with Crippen LogP contribution in [0.15, 0.2) is 48.7 Å². The molecule has 31 heavy (non-hydrogen) atoms. The fraction of sp³-hybridized carbons (Fsp3) is 0.333. The van der Waals surface area contributed by atoms with Gasteiger partial charge in [-0.3, -0.25) is 19.8 Å². The van der Waals surface area contributed by atoms with Gasteiger partial charge in [0.2, 0.25) is 0 Å². The number of nitro benzene ring substituents is 1. The molecule has 162 valence electrons. The number of morpholine rings is 1. The van der Waals surface area contributed by atoms with Crippen LogP contribution in [0.5, 0.6) is 0 Å². The van der Waals surface area contributed by atoms with Gasteiger partial charge in [0.05, 0.1) is 29.5 Å². The number of aryl methyl sites for hydroxylation is 1. The minimum Gasteiger partial charge on any atom is -0.379 e. The van der Waals surface area contributed by atoms with Crippen LogP contribution < -0.4 is 5.32 Å². The first kappa shape index (κ1) is 20.8. The number of nitro groups is 1. The van der Waals surface area contributed by atoms with E-state index in [1.165, 1.54) is 16.8 Å². The highest BCUT2D eigenvalue weighted by Gasteiger charge is 2.20. The molecule has 10 nitrogen and oxygen atoms in total. The Labute approximate surface area is 179 Å². The number of aromatic nitrogens is 3. The third-order valence-electron chi connectivity index (χ3n) is 5.27. The van der Waals surface area contributed by atoms with E-state index in [1.54, 1.807) is 18.2 Å². The number of nitrogens with zero attached hydrogens (tertiary/aromatic N) is 5. The van der Waals surface area contributed by atoms with E-state index in [0.29, 0.717) is 36.8 Å². The van der Waals surface area contributed by atoms with Gasteiger partial charge in [-0.2, -0.15) is 5.10 Å². The van der Waals surface area contributed by atoms with Gasteiger partial charge in [-0.05, 0) is 30.3 Å². The number of amides is 1. The predicted octanol–water partition coefficient (Wildman–Crippen LogP) is 1.85. The zero-order valence-corrected chi connectivity index (χ0v) is 17.2. The lowest BCUT2D eigenvalue weighted by Crippen LogP contribution is -2.41. The number of hydrogen-bond acceptors (Lipinski definition) is 6. The van der Waals surface area contributed by atoms with Gasteiger partial charge in [-0.25, -0.2) is 4.68 Å². The number of rotatable bonds is 7. The average molecular weight is 424 g/mol. The van der Waals surface area contributed by atoms with Gasteiger partial charge in [-0.1, -0.05) is 0 Å². The second kappa shape index (κ2) is 9.11. The zero-order valence-electron chi connectivity index (χ0n) is 17.2. The minimum atomic E-state index is -0.457. The topological polar surface area (TPSA) is 107 Å². The van der Waals surface area contributed by atoms with Crippen LogP contribution in [0.25, 0.3) is 17.1 Å². The van der Waals surface area contributed by atoms with Crippen LogP contribution in [0, 0.1) is 10.1 Å². The quantitative estimate of drug-likeness (QED) is 0.458. The van der Waals surface area contributed by atoms with E-state index in [1.807, 2.05) is 29.9 Å². The Kier molecular flexibility index (Phi) is 6.10. The van der Waals surface area contributed by atoms with Crippen molar-refractivity contribution in [3.05, 3.63) is 64.5 Å². The Morgan fingerprint density at radius 1 is 1.23 bits per heavy atom. The van der Waals surface area contributed by atoms with Crippen molar-refractivity contribution >= 4 is 11.6 Å². The molecule has 10 heteroatoms. The normalized spacial score (nSPS) is 14.5. The largest absolute Gasteiger partial charge is 0.379 e. The molecule has 2 aromatic heterocycles. The Balaban J connectivity index is 1.58. The molecular formula is C21H24N6O4. The smallest absolute Gasteiger partial charge is 0.270 e. The molecule has 0 radical (unpaired) electrons. The predicted molar refractivity (Wildman–Crippen MR) is 114 cm³/mol. The first-order chi connectivity index (χ1) is 15.0. The van der Waals surface area contributed by atoms with Gasteiger partial charge in [0.15, 0.2) is 0 Å². The number of non-ortho nitro benzene ring substituents is 1. The molecule has 4 rings (SSSR count). The summed E-state index contributed by atoms with van der Waals surface area (Å²) in [4.78, 5) is 25.8. The molecule has 1 saturated heterocycles. The summed E-state index contributed by atoms with van der Waals surface area (Å²) in [6.07, 6.45) is 1.91. The molecule has 1 fully saturated rings. The molecule has 0 unspecified atom stereocenters. The van der Waals surface area contributed by atoms with Crippen LogP contribution >= 0.6 is 0 Å². The summed E-state index contributed by atoms with van der Waals surface area (Å²) in [7, 11) is 1.91. The molecule has 1 aliphatic rings. The first-order valence-electron chi connectivity index (χ1n) is 10.1. The lowest BCUT2D eigenvalue weighted by molar-refractivity contribution is -0.384. The highest BCUT2D eigenvalue weighted by molar-refractivity contribution is 5.94. The summed E-state index contributed by atoms with van der Waals surface area (Å²) in [5.74, 6) is -0.250. The fourth-order valence-corrected chi connectivity index (χ4v) is 3.55. The lowest BCUT2D eigenvalue weighted by Gasteiger charge is -2.26. The summed E-state index contributed by atoms with van der Waals surface area (Å²) in [6.45, 7) is 4.37. The second-order valence-corrected chi connectivity index (χ2v) is 7.31. The second-order valence-electron chi connectivity index (χ2n) is 7.31. The van der Waals surface area contributed by atoms with E-state index in [0.717, 1.165) is 25.3 Å². The average Bonchev–Trinajstić information content (AvgIpc) is 3.41. The van der Waals surface area contributed by atoms with Gasteiger partial charge < -0.3 is 14.6 Å². The van der Waals surface area contributed by atoms with Crippen LogP contribution in [0.1, 0.15) is 10.5 Å². The molecule has 0 saturated carbocycles. The third-order valence-corrected chi connectivity index (χ3v) is 5.27. The molecule has 0 bridgehead atoms. The van der Waals surface area contributed by atoms with Crippen molar-refractivity contribution in [1.29, 1.82) is 0 Å². The minimum absolute atomic E-state index is 0.0184. The highest BCUT2D eigenvalue weighted by atomic mass is 16.6. The number of hydrogen-bond donors (Lipinski definition) is 1. The van der Waals surface area contributed by atoms with Crippen molar-refractivity contribution in [3.8, 4) is 17.1 Å². The zero-order chi connectivity index (χ0) is 21.8.